The van der Waals surface area contributed by atoms with Crippen LogP contribution in [0.4, 0.5) is 0 Å². The Labute approximate surface area is 109 Å². The minimum absolute atomic E-state index is 0.253. The quantitative estimate of drug-likeness (QED) is 0.358. The van der Waals surface area contributed by atoms with Gasteiger partial charge in [0, 0.05) is 17.8 Å². The third-order valence-electron chi connectivity index (χ3n) is 1.40. The summed E-state index contributed by atoms with van der Waals surface area (Å²) in [6.45, 7) is 4.00. The van der Waals surface area contributed by atoms with Crippen LogP contribution in [0.2, 0.25) is 0 Å². The summed E-state index contributed by atoms with van der Waals surface area (Å²) in [5.41, 5.74) is -1.81. The van der Waals surface area contributed by atoms with Crippen LogP contribution in [-0.4, -0.2) is 37.7 Å². The zero-order valence-corrected chi connectivity index (χ0v) is 10.2. The molecule has 1 heterocycles. The zero-order valence-electron chi connectivity index (χ0n) is 10.2. The van der Waals surface area contributed by atoms with E-state index in [1.807, 2.05) is 13.8 Å². The molecule has 1 rings (SSSR count). The summed E-state index contributed by atoms with van der Waals surface area (Å²) in [7, 11) is 9.81. The van der Waals surface area contributed by atoms with E-state index in [1.54, 1.807) is 0 Å². The highest BCUT2D eigenvalue weighted by Gasteiger charge is 2.08. The van der Waals surface area contributed by atoms with E-state index in [-0.39, 0.29) is 5.88 Å². The number of aromatic nitrogens is 1. The van der Waals surface area contributed by atoms with Gasteiger partial charge in [0.15, 0.2) is 22.0 Å². The van der Waals surface area contributed by atoms with E-state index in [0.29, 0.717) is 11.8 Å². The standard InChI is InChI=1S/C9H7B2NO4.C2H6/c10-9(11,14)16-4-3-15-8-2-1-7(6-13)5-12-8;1-2/h1-6,14H;1-2H3/b4-3+;. The van der Waals surface area contributed by atoms with Crippen LogP contribution in [0.3, 0.4) is 0 Å². The molecule has 0 fully saturated rings. The van der Waals surface area contributed by atoms with Gasteiger partial charge in [0.1, 0.15) is 18.1 Å². The van der Waals surface area contributed by atoms with Gasteiger partial charge in [-0.05, 0) is 6.07 Å². The van der Waals surface area contributed by atoms with Gasteiger partial charge in [-0.2, -0.15) is 0 Å². The zero-order chi connectivity index (χ0) is 14.0. The van der Waals surface area contributed by atoms with Crippen molar-refractivity contribution >= 4 is 22.0 Å². The lowest BCUT2D eigenvalue weighted by atomic mass is 9.77. The second-order valence-electron chi connectivity index (χ2n) is 2.81. The minimum atomic E-state index is -2.24. The van der Waals surface area contributed by atoms with Crippen LogP contribution >= 0.6 is 0 Å². The van der Waals surface area contributed by atoms with E-state index in [2.05, 4.69) is 9.72 Å². The van der Waals surface area contributed by atoms with Crippen molar-refractivity contribution in [3.8, 4) is 5.88 Å². The summed E-state index contributed by atoms with van der Waals surface area (Å²) in [4.78, 5) is 14.1. The monoisotopic (exact) mass is 245 g/mol. The second kappa shape index (κ2) is 8.36. The Morgan fingerprint density at radius 1 is 1.33 bits per heavy atom. The van der Waals surface area contributed by atoms with E-state index in [4.69, 9.17) is 25.5 Å². The van der Waals surface area contributed by atoms with Crippen LogP contribution in [0.1, 0.15) is 24.2 Å². The van der Waals surface area contributed by atoms with Crippen molar-refractivity contribution in [3.63, 3.8) is 0 Å². The Morgan fingerprint density at radius 3 is 2.44 bits per heavy atom. The highest BCUT2D eigenvalue weighted by atomic mass is 16.6. The van der Waals surface area contributed by atoms with Gasteiger partial charge in [-0.15, -0.1) is 0 Å². The van der Waals surface area contributed by atoms with Gasteiger partial charge in [-0.25, -0.2) is 4.98 Å². The number of hydrogen-bond donors (Lipinski definition) is 1. The Balaban J connectivity index is 0.00000137. The first-order valence-corrected chi connectivity index (χ1v) is 5.22. The van der Waals surface area contributed by atoms with Crippen molar-refractivity contribution in [1.82, 2.24) is 4.98 Å². The molecule has 0 atom stereocenters. The first-order chi connectivity index (χ1) is 8.51. The molecule has 0 aliphatic rings. The van der Waals surface area contributed by atoms with Crippen molar-refractivity contribution in [3.05, 3.63) is 36.4 Å². The Kier molecular flexibility index (Phi) is 7.54. The average Bonchev–Trinajstić information content (AvgIpc) is 2.37. The molecule has 0 saturated carbocycles. The summed E-state index contributed by atoms with van der Waals surface area (Å²) in [6, 6.07) is 3.03. The molecule has 0 spiro atoms. The molecular formula is C11H13B2NO4. The number of carbonyl (C=O) groups excluding carboxylic acids is 1. The van der Waals surface area contributed by atoms with Crippen LogP contribution in [0, 0.1) is 0 Å². The number of pyridine rings is 1. The van der Waals surface area contributed by atoms with Gasteiger partial charge in [-0.3, -0.25) is 4.79 Å². The first-order valence-electron chi connectivity index (χ1n) is 5.22. The lowest BCUT2D eigenvalue weighted by molar-refractivity contribution is -0.0246. The molecular weight excluding hydrogens is 232 g/mol. The van der Waals surface area contributed by atoms with Crippen LogP contribution in [0.15, 0.2) is 30.9 Å². The maximum absolute atomic E-state index is 10.3. The summed E-state index contributed by atoms with van der Waals surface area (Å²) < 4.78 is 9.36. The molecule has 18 heavy (non-hydrogen) atoms. The number of aliphatic hydroxyl groups is 1. The lowest BCUT2D eigenvalue weighted by Crippen LogP contribution is -2.30. The van der Waals surface area contributed by atoms with E-state index in [9.17, 15) is 4.79 Å². The van der Waals surface area contributed by atoms with Gasteiger partial charge < -0.3 is 14.6 Å². The highest BCUT2D eigenvalue weighted by Crippen LogP contribution is 2.06. The van der Waals surface area contributed by atoms with Gasteiger partial charge in [-0.1, -0.05) is 13.8 Å². The SMILES string of the molecule is CC.[B]C([B])(O)O/C=C/Oc1ccc(C=O)cn1. The molecule has 0 saturated heterocycles. The maximum Gasteiger partial charge on any atom is 0.218 e. The normalized spacial score (nSPS) is 10.4. The maximum atomic E-state index is 10.3. The van der Waals surface area contributed by atoms with Gasteiger partial charge in [0.05, 0.1) is 0 Å². The summed E-state index contributed by atoms with van der Waals surface area (Å²) in [6.07, 6.45) is 4.07. The smallest absolute Gasteiger partial charge is 0.218 e. The summed E-state index contributed by atoms with van der Waals surface area (Å²) in [5, 5.41) is 8.76. The number of ether oxygens (including phenoxy) is 2. The topological polar surface area (TPSA) is 68.7 Å². The van der Waals surface area contributed by atoms with Gasteiger partial charge in [0.25, 0.3) is 0 Å². The molecule has 1 aromatic rings. The molecule has 5 nitrogen and oxygen atoms in total. The third kappa shape index (κ3) is 7.51. The predicted molar refractivity (Wildman–Crippen MR) is 68.3 cm³/mol. The van der Waals surface area contributed by atoms with E-state index in [0.717, 1.165) is 12.5 Å². The average molecular weight is 245 g/mol. The number of nitrogens with zero attached hydrogens (tertiary/aromatic N) is 1. The molecule has 1 aromatic heterocycles. The Morgan fingerprint density at radius 2 is 2.00 bits per heavy atom. The summed E-state index contributed by atoms with van der Waals surface area (Å²) in [5.74, 6) is 0.253. The summed E-state index contributed by atoms with van der Waals surface area (Å²) >= 11 is 0. The van der Waals surface area contributed by atoms with Crippen molar-refractivity contribution in [2.24, 2.45) is 0 Å². The van der Waals surface area contributed by atoms with Crippen LogP contribution < -0.4 is 4.74 Å². The van der Waals surface area contributed by atoms with Crippen molar-refractivity contribution < 1.29 is 19.4 Å². The van der Waals surface area contributed by atoms with Crippen LogP contribution in [0.5, 0.6) is 5.88 Å². The van der Waals surface area contributed by atoms with Crippen LogP contribution in [0.25, 0.3) is 0 Å². The molecule has 1 N–H and O–H groups in total. The number of aldehydes is 1. The van der Waals surface area contributed by atoms with E-state index in [1.165, 1.54) is 18.3 Å². The fourth-order valence-corrected chi connectivity index (χ4v) is 0.765. The fraction of sp³-hybridized carbons (Fsp3) is 0.273. The van der Waals surface area contributed by atoms with Crippen molar-refractivity contribution in [1.29, 1.82) is 0 Å². The van der Waals surface area contributed by atoms with Crippen molar-refractivity contribution in [2.45, 2.75) is 19.4 Å². The van der Waals surface area contributed by atoms with E-state index < -0.39 is 5.59 Å². The first kappa shape index (κ1) is 16.2. The largest absolute Gasteiger partial charge is 0.486 e. The highest BCUT2D eigenvalue weighted by molar-refractivity contribution is 6.37. The van der Waals surface area contributed by atoms with Crippen LogP contribution in [-0.2, 0) is 4.74 Å². The lowest BCUT2D eigenvalue weighted by Gasteiger charge is -2.17. The number of rotatable bonds is 5. The van der Waals surface area contributed by atoms with Gasteiger partial charge in [0.2, 0.25) is 5.88 Å². The van der Waals surface area contributed by atoms with Crippen molar-refractivity contribution in [2.75, 3.05) is 0 Å². The molecule has 92 valence electrons. The molecule has 0 aliphatic heterocycles. The minimum Gasteiger partial charge on any atom is -0.486 e. The molecule has 7 heteroatoms. The Hall–Kier alpha value is -1.75. The second-order valence-corrected chi connectivity index (χ2v) is 2.81. The van der Waals surface area contributed by atoms with E-state index >= 15 is 0 Å². The van der Waals surface area contributed by atoms with Gasteiger partial charge >= 0.3 is 0 Å². The third-order valence-corrected chi connectivity index (χ3v) is 1.40. The predicted octanol–water partition coefficient (Wildman–Crippen LogP) is 0.728. The fourth-order valence-electron chi connectivity index (χ4n) is 0.765. The molecule has 0 aromatic carbocycles. The molecule has 0 bridgehead atoms. The number of hydrogen-bond acceptors (Lipinski definition) is 5. The molecule has 4 radical (unpaired) electrons. The molecule has 0 amide bonds. The number of carbonyl (C=O) groups is 1. The molecule has 0 aliphatic carbocycles. The Bertz CT molecular complexity index is 374. The molecule has 0 unspecified atom stereocenters.